The third-order valence-electron chi connectivity index (χ3n) is 3.94. The molecule has 25 heavy (non-hydrogen) atoms. The Kier molecular flexibility index (Phi) is 4.54. The van der Waals surface area contributed by atoms with Crippen LogP contribution in [0.2, 0.25) is 5.02 Å². The van der Waals surface area contributed by atoms with Crippen LogP contribution < -0.4 is 14.8 Å². The number of rotatable bonds is 4. The molecule has 3 rings (SSSR count). The summed E-state index contributed by atoms with van der Waals surface area (Å²) in [7, 11) is -3.15. The minimum Gasteiger partial charge on any atom is -0.454 e. The fraction of sp³-hybridized carbons (Fsp3) is 0.467. The highest BCUT2D eigenvalue weighted by Gasteiger charge is 2.39. The highest BCUT2D eigenvalue weighted by molar-refractivity contribution is 7.91. The van der Waals surface area contributed by atoms with E-state index >= 15 is 0 Å². The smallest absolute Gasteiger partial charge is 0.338 e. The molecule has 1 amide bonds. The predicted octanol–water partition coefficient (Wildman–Crippen LogP) is 0.919. The Hall–Kier alpha value is -2.00. The average molecular weight is 390 g/mol. The van der Waals surface area contributed by atoms with Crippen LogP contribution in [0.15, 0.2) is 12.1 Å². The molecule has 136 valence electrons. The van der Waals surface area contributed by atoms with E-state index in [1.807, 2.05) is 0 Å². The lowest BCUT2D eigenvalue weighted by molar-refractivity contribution is -0.125. The first-order valence-electron chi connectivity index (χ1n) is 7.45. The van der Waals surface area contributed by atoms with Gasteiger partial charge in [-0.15, -0.1) is 0 Å². The second-order valence-corrected chi connectivity index (χ2v) is 8.81. The van der Waals surface area contributed by atoms with Gasteiger partial charge in [-0.2, -0.15) is 0 Å². The molecule has 0 unspecified atom stereocenters. The SMILES string of the molecule is C[C@@]1(NC(=O)COC(=O)c2cc(Cl)c3c(c2)OCO3)CCS(=O)(=O)C1. The molecule has 8 nitrogen and oxygen atoms in total. The second kappa shape index (κ2) is 6.38. The summed E-state index contributed by atoms with van der Waals surface area (Å²) in [6.07, 6.45) is 0.326. The number of hydrogen-bond acceptors (Lipinski definition) is 7. The fourth-order valence-electron chi connectivity index (χ4n) is 2.78. The van der Waals surface area contributed by atoms with Gasteiger partial charge in [0.2, 0.25) is 6.79 Å². The zero-order valence-electron chi connectivity index (χ0n) is 13.3. The van der Waals surface area contributed by atoms with Gasteiger partial charge >= 0.3 is 5.97 Å². The van der Waals surface area contributed by atoms with Crippen LogP contribution in [0.1, 0.15) is 23.7 Å². The van der Waals surface area contributed by atoms with Crippen molar-refractivity contribution in [2.24, 2.45) is 0 Å². The van der Waals surface area contributed by atoms with Gasteiger partial charge in [-0.1, -0.05) is 11.6 Å². The number of carbonyl (C=O) groups is 2. The molecule has 0 aromatic heterocycles. The standard InChI is InChI=1S/C15H16ClNO7S/c1-15(2-3-25(20,21)7-15)17-12(18)6-22-14(19)9-4-10(16)13-11(5-9)23-8-24-13/h4-5H,2-3,6-8H2,1H3,(H,17,18)/t15-/m1/s1. The van der Waals surface area contributed by atoms with Crippen molar-refractivity contribution in [1.82, 2.24) is 5.32 Å². The summed E-state index contributed by atoms with van der Waals surface area (Å²) in [5.74, 6) is -0.741. The fourth-order valence-corrected chi connectivity index (χ4v) is 5.14. The maximum Gasteiger partial charge on any atom is 0.338 e. The van der Waals surface area contributed by atoms with Crippen LogP contribution in [0, 0.1) is 0 Å². The van der Waals surface area contributed by atoms with Gasteiger partial charge in [-0.05, 0) is 25.5 Å². The Morgan fingerprint density at radius 1 is 1.36 bits per heavy atom. The molecule has 0 radical (unpaired) electrons. The maximum absolute atomic E-state index is 12.1. The van der Waals surface area contributed by atoms with Crippen molar-refractivity contribution in [3.63, 3.8) is 0 Å². The normalized spacial score (nSPS) is 23.3. The van der Waals surface area contributed by atoms with Gasteiger partial charge < -0.3 is 19.5 Å². The third kappa shape index (κ3) is 3.98. The summed E-state index contributed by atoms with van der Waals surface area (Å²) in [6, 6.07) is 2.78. The van der Waals surface area contributed by atoms with E-state index in [9.17, 15) is 18.0 Å². The molecule has 1 aromatic carbocycles. The molecule has 1 saturated heterocycles. The number of fused-ring (bicyclic) bond motifs is 1. The van der Waals surface area contributed by atoms with E-state index in [0.29, 0.717) is 17.9 Å². The van der Waals surface area contributed by atoms with Gasteiger partial charge in [0.1, 0.15) is 0 Å². The quantitative estimate of drug-likeness (QED) is 0.762. The number of nitrogens with one attached hydrogen (secondary N) is 1. The first kappa shape index (κ1) is 17.8. The lowest BCUT2D eigenvalue weighted by atomic mass is 10.0. The summed E-state index contributed by atoms with van der Waals surface area (Å²) in [5.41, 5.74) is -0.721. The molecular formula is C15H16ClNO7S. The molecule has 2 heterocycles. The largest absolute Gasteiger partial charge is 0.454 e. The van der Waals surface area contributed by atoms with Crippen molar-refractivity contribution in [3.8, 4) is 11.5 Å². The van der Waals surface area contributed by atoms with Crippen molar-refractivity contribution < 1.29 is 32.2 Å². The molecule has 0 spiro atoms. The Balaban J connectivity index is 1.58. The van der Waals surface area contributed by atoms with Crippen LogP contribution in [0.25, 0.3) is 0 Å². The number of sulfone groups is 1. The minimum absolute atomic E-state index is 0.0114. The molecule has 2 aliphatic heterocycles. The third-order valence-corrected chi connectivity index (χ3v) is 6.13. The molecule has 0 aliphatic carbocycles. The van der Waals surface area contributed by atoms with Crippen molar-refractivity contribution >= 4 is 33.3 Å². The number of ether oxygens (including phenoxy) is 3. The van der Waals surface area contributed by atoms with Gasteiger partial charge in [0.25, 0.3) is 5.91 Å². The van der Waals surface area contributed by atoms with Crippen LogP contribution in [0.3, 0.4) is 0 Å². The summed E-state index contributed by atoms with van der Waals surface area (Å²) in [6.45, 7) is 1.13. The van der Waals surface area contributed by atoms with Crippen molar-refractivity contribution in [2.45, 2.75) is 18.9 Å². The van der Waals surface area contributed by atoms with Gasteiger partial charge in [0, 0.05) is 0 Å². The van der Waals surface area contributed by atoms with Crippen molar-refractivity contribution in [3.05, 3.63) is 22.7 Å². The monoisotopic (exact) mass is 389 g/mol. The van der Waals surface area contributed by atoms with Crippen LogP contribution >= 0.6 is 11.6 Å². The second-order valence-electron chi connectivity index (χ2n) is 6.22. The van der Waals surface area contributed by atoms with Crippen LogP contribution in [0.5, 0.6) is 11.5 Å². The van der Waals surface area contributed by atoms with E-state index in [1.54, 1.807) is 6.92 Å². The highest BCUT2D eigenvalue weighted by atomic mass is 35.5. The van der Waals surface area contributed by atoms with Gasteiger partial charge in [-0.25, -0.2) is 13.2 Å². The van der Waals surface area contributed by atoms with Crippen molar-refractivity contribution in [2.75, 3.05) is 24.9 Å². The molecule has 1 atom stereocenters. The number of amides is 1. The first-order valence-corrected chi connectivity index (χ1v) is 9.65. The minimum atomic E-state index is -3.15. The Morgan fingerprint density at radius 2 is 2.12 bits per heavy atom. The molecule has 2 aliphatic rings. The summed E-state index contributed by atoms with van der Waals surface area (Å²) < 4.78 is 38.3. The topological polar surface area (TPSA) is 108 Å². The Labute approximate surface area is 149 Å². The van der Waals surface area contributed by atoms with Crippen LogP contribution in [-0.4, -0.2) is 50.7 Å². The lowest BCUT2D eigenvalue weighted by Gasteiger charge is -2.23. The van der Waals surface area contributed by atoms with E-state index < -0.39 is 33.9 Å². The highest BCUT2D eigenvalue weighted by Crippen LogP contribution is 2.39. The van der Waals surface area contributed by atoms with E-state index in [2.05, 4.69) is 5.32 Å². The van der Waals surface area contributed by atoms with E-state index in [0.717, 1.165) is 0 Å². The maximum atomic E-state index is 12.1. The predicted molar refractivity (Wildman–Crippen MR) is 87.7 cm³/mol. The first-order chi connectivity index (χ1) is 11.7. The molecular weight excluding hydrogens is 374 g/mol. The summed E-state index contributed by atoms with van der Waals surface area (Å²) in [5, 5.41) is 2.81. The van der Waals surface area contributed by atoms with E-state index in [1.165, 1.54) is 12.1 Å². The van der Waals surface area contributed by atoms with Crippen LogP contribution in [0.4, 0.5) is 0 Å². The molecule has 0 saturated carbocycles. The molecule has 1 N–H and O–H groups in total. The lowest BCUT2D eigenvalue weighted by Crippen LogP contribution is -2.48. The zero-order chi connectivity index (χ0) is 18.2. The zero-order valence-corrected chi connectivity index (χ0v) is 14.9. The Morgan fingerprint density at radius 3 is 2.80 bits per heavy atom. The number of carbonyl (C=O) groups excluding carboxylic acids is 2. The number of hydrogen-bond donors (Lipinski definition) is 1. The molecule has 10 heteroatoms. The summed E-state index contributed by atoms with van der Waals surface area (Å²) in [4.78, 5) is 24.0. The van der Waals surface area contributed by atoms with Crippen LogP contribution in [-0.2, 0) is 19.4 Å². The van der Waals surface area contributed by atoms with Gasteiger partial charge in [-0.3, -0.25) is 4.79 Å². The van der Waals surface area contributed by atoms with Gasteiger partial charge in [0.15, 0.2) is 27.9 Å². The molecule has 1 aromatic rings. The number of esters is 1. The number of benzene rings is 1. The van der Waals surface area contributed by atoms with E-state index in [4.69, 9.17) is 25.8 Å². The molecule has 1 fully saturated rings. The van der Waals surface area contributed by atoms with E-state index in [-0.39, 0.29) is 28.9 Å². The van der Waals surface area contributed by atoms with Gasteiger partial charge in [0.05, 0.1) is 27.6 Å². The Bertz CT molecular complexity index is 839. The summed E-state index contributed by atoms with van der Waals surface area (Å²) >= 11 is 5.99. The molecule has 0 bridgehead atoms. The van der Waals surface area contributed by atoms with Crippen molar-refractivity contribution in [1.29, 1.82) is 0 Å². The number of halogens is 1. The average Bonchev–Trinajstić information content (AvgIpc) is 3.09.